The molecule has 0 unspecified atom stereocenters. The summed E-state index contributed by atoms with van der Waals surface area (Å²) in [6.07, 6.45) is 0.872. The van der Waals surface area contributed by atoms with Crippen LogP contribution in [0.1, 0.15) is 6.42 Å². The maximum absolute atomic E-state index is 4.63. The maximum Gasteiger partial charge on any atom is 0.0462 e. The Morgan fingerprint density at radius 2 is 2.17 bits per heavy atom. The van der Waals surface area contributed by atoms with Crippen LogP contribution in [0.25, 0.3) is 0 Å². The molecule has 0 rings (SSSR count). The van der Waals surface area contributed by atoms with Gasteiger partial charge in [-0.1, -0.05) is 6.92 Å². The largest absolute Gasteiger partial charge is 0.385 e. The van der Waals surface area contributed by atoms with Crippen LogP contribution in [0.4, 0.5) is 0 Å². The fourth-order valence-electron chi connectivity index (χ4n) is 0.144. The predicted octanol–water partition coefficient (Wildman–Crippen LogP) is 0.854. The van der Waals surface area contributed by atoms with E-state index in [2.05, 4.69) is 11.7 Å². The third-order valence-electron chi connectivity index (χ3n) is 0.348. The summed E-state index contributed by atoms with van der Waals surface area (Å²) in [4.78, 5) is 0. The summed E-state index contributed by atoms with van der Waals surface area (Å²) in [6.45, 7) is 4.33. The van der Waals surface area contributed by atoms with Crippen molar-refractivity contribution in [1.82, 2.24) is 0 Å². The first kappa shape index (κ1) is 9.84. The third kappa shape index (κ3) is 8.82. The van der Waals surface area contributed by atoms with Crippen LogP contribution in [0.5, 0.6) is 0 Å². The minimum Gasteiger partial charge on any atom is -0.385 e. The van der Waals surface area contributed by atoms with E-state index >= 15 is 0 Å². The first-order chi connectivity index (χ1) is 2.41. The van der Waals surface area contributed by atoms with Crippen LogP contribution in [-0.2, 0) is 26.5 Å². The standard InChI is InChI=1S/C4H9O.Ti/c1-3-4-5-2;/h1,3-4H2,2H3;. The Hall–Kier alpha value is 0.674. The van der Waals surface area contributed by atoms with Gasteiger partial charge in [-0.15, -0.1) is 0 Å². The van der Waals surface area contributed by atoms with Gasteiger partial charge in [-0.25, -0.2) is 0 Å². The number of rotatable bonds is 2. The Balaban J connectivity index is 0. The average molecular weight is 121 g/mol. The van der Waals surface area contributed by atoms with E-state index in [-0.39, 0.29) is 21.7 Å². The molecule has 0 heterocycles. The first-order valence-electron chi connectivity index (χ1n) is 1.70. The average Bonchev–Trinajstić information content (AvgIpc) is 1.41. The molecular formula is C4H9OTi. The van der Waals surface area contributed by atoms with Crippen molar-refractivity contribution in [3.8, 4) is 0 Å². The summed E-state index contributed by atoms with van der Waals surface area (Å²) in [5.41, 5.74) is 0. The second-order valence-corrected chi connectivity index (χ2v) is 0.846. The van der Waals surface area contributed by atoms with Gasteiger partial charge in [0.2, 0.25) is 0 Å². The molecule has 0 N–H and O–H groups in total. The van der Waals surface area contributed by atoms with Crippen molar-refractivity contribution in [1.29, 1.82) is 0 Å². The topological polar surface area (TPSA) is 9.23 Å². The fraction of sp³-hybridized carbons (Fsp3) is 0.750. The third-order valence-corrected chi connectivity index (χ3v) is 0.348. The maximum atomic E-state index is 4.63. The number of hydrogen-bond acceptors (Lipinski definition) is 1. The van der Waals surface area contributed by atoms with E-state index in [0.29, 0.717) is 0 Å². The molecule has 0 aliphatic carbocycles. The summed E-state index contributed by atoms with van der Waals surface area (Å²) >= 11 is 0. The normalized spacial score (nSPS) is 7.00. The molecule has 0 fully saturated rings. The summed E-state index contributed by atoms with van der Waals surface area (Å²) in [7, 11) is 1.67. The zero-order valence-corrected chi connectivity index (χ0v) is 5.59. The predicted molar refractivity (Wildman–Crippen MR) is 21.8 cm³/mol. The molecule has 0 saturated carbocycles. The van der Waals surface area contributed by atoms with Crippen LogP contribution in [0, 0.1) is 6.92 Å². The van der Waals surface area contributed by atoms with Gasteiger partial charge in [0.05, 0.1) is 0 Å². The van der Waals surface area contributed by atoms with Gasteiger partial charge in [0.25, 0.3) is 0 Å². The second kappa shape index (κ2) is 9.18. The monoisotopic (exact) mass is 121 g/mol. The Bertz CT molecular complexity index is 15.0. The van der Waals surface area contributed by atoms with E-state index in [0.717, 1.165) is 13.0 Å². The van der Waals surface area contributed by atoms with Crippen molar-refractivity contribution in [3.05, 3.63) is 6.92 Å². The molecule has 0 aromatic carbocycles. The van der Waals surface area contributed by atoms with Crippen molar-refractivity contribution in [3.63, 3.8) is 0 Å². The molecule has 0 spiro atoms. The van der Waals surface area contributed by atoms with Crippen LogP contribution >= 0.6 is 0 Å². The van der Waals surface area contributed by atoms with Crippen LogP contribution in [0.15, 0.2) is 0 Å². The zero-order chi connectivity index (χ0) is 4.12. The van der Waals surface area contributed by atoms with Crippen LogP contribution in [-0.4, -0.2) is 13.7 Å². The van der Waals surface area contributed by atoms with Gasteiger partial charge >= 0.3 is 0 Å². The molecule has 0 atom stereocenters. The minimum atomic E-state index is 0. The van der Waals surface area contributed by atoms with Crippen molar-refractivity contribution in [2.75, 3.05) is 13.7 Å². The van der Waals surface area contributed by atoms with Gasteiger partial charge in [-0.05, 0) is 6.42 Å². The molecule has 0 bridgehead atoms. The summed E-state index contributed by atoms with van der Waals surface area (Å²) in [5.74, 6) is 0. The number of methoxy groups -OCH3 is 1. The molecule has 0 aromatic heterocycles. The smallest absolute Gasteiger partial charge is 0.0462 e. The van der Waals surface area contributed by atoms with Crippen molar-refractivity contribution in [2.45, 2.75) is 6.42 Å². The van der Waals surface area contributed by atoms with Crippen LogP contribution < -0.4 is 0 Å². The van der Waals surface area contributed by atoms with Crippen molar-refractivity contribution >= 4 is 0 Å². The summed E-state index contributed by atoms with van der Waals surface area (Å²) in [6, 6.07) is 0. The minimum absolute atomic E-state index is 0. The van der Waals surface area contributed by atoms with Gasteiger partial charge in [-0.2, -0.15) is 0 Å². The molecule has 0 aliphatic rings. The summed E-state index contributed by atoms with van der Waals surface area (Å²) in [5, 5.41) is 0. The van der Waals surface area contributed by atoms with Crippen molar-refractivity contribution < 1.29 is 26.5 Å². The van der Waals surface area contributed by atoms with E-state index < -0.39 is 0 Å². The van der Waals surface area contributed by atoms with Gasteiger partial charge in [0.1, 0.15) is 0 Å². The second-order valence-electron chi connectivity index (χ2n) is 0.846. The molecule has 0 aromatic rings. The SMILES string of the molecule is [CH2]CCOC.[Ti]. The Morgan fingerprint density at radius 1 is 1.67 bits per heavy atom. The molecule has 6 heavy (non-hydrogen) atoms. The molecule has 0 saturated heterocycles. The summed E-state index contributed by atoms with van der Waals surface area (Å²) < 4.78 is 4.63. The van der Waals surface area contributed by atoms with Crippen LogP contribution in [0.2, 0.25) is 0 Å². The number of ether oxygens (including phenoxy) is 1. The Labute approximate surface area is 54.0 Å². The quantitative estimate of drug-likeness (QED) is 0.492. The van der Waals surface area contributed by atoms with E-state index in [9.17, 15) is 0 Å². The first-order valence-corrected chi connectivity index (χ1v) is 1.70. The fourth-order valence-corrected chi connectivity index (χ4v) is 0.144. The van der Waals surface area contributed by atoms with Crippen LogP contribution in [0.3, 0.4) is 0 Å². The molecule has 2 heteroatoms. The van der Waals surface area contributed by atoms with Gasteiger partial charge < -0.3 is 4.74 Å². The molecule has 1 radical (unpaired) electrons. The molecule has 1 nitrogen and oxygen atoms in total. The van der Waals surface area contributed by atoms with E-state index in [4.69, 9.17) is 0 Å². The van der Waals surface area contributed by atoms with Gasteiger partial charge in [0.15, 0.2) is 0 Å². The Morgan fingerprint density at radius 3 is 2.17 bits per heavy atom. The van der Waals surface area contributed by atoms with E-state index in [1.165, 1.54) is 0 Å². The van der Waals surface area contributed by atoms with E-state index in [1.807, 2.05) is 0 Å². The van der Waals surface area contributed by atoms with Crippen molar-refractivity contribution in [2.24, 2.45) is 0 Å². The molecule has 0 amide bonds. The Kier molecular flexibility index (Phi) is 15.1. The van der Waals surface area contributed by atoms with E-state index in [1.54, 1.807) is 7.11 Å². The molecule has 0 aliphatic heterocycles. The zero-order valence-electron chi connectivity index (χ0n) is 4.03. The molecule has 35 valence electrons. The van der Waals surface area contributed by atoms with Gasteiger partial charge in [0, 0.05) is 35.4 Å². The van der Waals surface area contributed by atoms with Gasteiger partial charge in [-0.3, -0.25) is 0 Å². The number of hydrogen-bond donors (Lipinski definition) is 0. The molecular weight excluding hydrogens is 112 g/mol.